The van der Waals surface area contributed by atoms with Gasteiger partial charge in [-0.15, -0.1) is 29.8 Å². The molecule has 3 saturated carbocycles. The van der Waals surface area contributed by atoms with Crippen LogP contribution in [-0.4, -0.2) is 34.1 Å². The Morgan fingerprint density at radius 1 is 0.760 bits per heavy atom. The standard InChI is InChI=1S/C21H34Cl2N2/c1-2-16-9-11-17(12-10-16)15-24-25(20-7-3-5-18(22)13-20)21-8-4-6-19(23)14-21/h2,15-21H,1,3-14H2. The first-order chi connectivity index (χ1) is 12.2. The van der Waals surface area contributed by atoms with Gasteiger partial charge in [0.15, 0.2) is 0 Å². The molecule has 0 radical (unpaired) electrons. The molecule has 0 aromatic rings. The van der Waals surface area contributed by atoms with E-state index in [4.69, 9.17) is 28.3 Å². The maximum Gasteiger partial charge on any atom is 0.0487 e. The van der Waals surface area contributed by atoms with E-state index >= 15 is 0 Å². The van der Waals surface area contributed by atoms with E-state index in [1.165, 1.54) is 51.4 Å². The fraction of sp³-hybridized carbons (Fsp3) is 0.857. The Kier molecular flexibility index (Phi) is 7.54. The van der Waals surface area contributed by atoms with Crippen LogP contribution in [-0.2, 0) is 0 Å². The van der Waals surface area contributed by atoms with Gasteiger partial charge in [-0.1, -0.05) is 6.08 Å². The largest absolute Gasteiger partial charge is 0.291 e. The van der Waals surface area contributed by atoms with Crippen LogP contribution in [0.15, 0.2) is 17.8 Å². The molecule has 3 aliphatic rings. The maximum absolute atomic E-state index is 6.49. The Morgan fingerprint density at radius 3 is 1.76 bits per heavy atom. The molecule has 0 amide bonds. The van der Waals surface area contributed by atoms with Gasteiger partial charge < -0.3 is 0 Å². The number of alkyl halides is 2. The summed E-state index contributed by atoms with van der Waals surface area (Å²) in [6, 6.07) is 1.01. The molecule has 3 aliphatic carbocycles. The summed E-state index contributed by atoms with van der Waals surface area (Å²) in [5.74, 6) is 1.34. The van der Waals surface area contributed by atoms with E-state index in [9.17, 15) is 0 Å². The number of halogens is 2. The average molecular weight is 385 g/mol. The Labute approximate surface area is 164 Å². The van der Waals surface area contributed by atoms with Crippen molar-refractivity contribution in [3.8, 4) is 0 Å². The van der Waals surface area contributed by atoms with Gasteiger partial charge in [-0.3, -0.25) is 5.01 Å². The van der Waals surface area contributed by atoms with E-state index in [2.05, 4.69) is 23.9 Å². The number of nitrogens with zero attached hydrogens (tertiary/aromatic N) is 2. The second kappa shape index (κ2) is 9.65. The lowest BCUT2D eigenvalue weighted by atomic mass is 9.83. The summed E-state index contributed by atoms with van der Waals surface area (Å²) in [5, 5.41) is 8.14. The minimum absolute atomic E-state index is 0.315. The van der Waals surface area contributed by atoms with Crippen LogP contribution in [0.3, 0.4) is 0 Å². The van der Waals surface area contributed by atoms with E-state index in [1.807, 2.05) is 0 Å². The highest BCUT2D eigenvalue weighted by molar-refractivity contribution is 6.20. The molecule has 0 spiro atoms. The molecule has 4 heteroatoms. The van der Waals surface area contributed by atoms with Crippen molar-refractivity contribution >= 4 is 29.4 Å². The monoisotopic (exact) mass is 384 g/mol. The second-order valence-electron chi connectivity index (χ2n) is 8.39. The molecule has 3 fully saturated rings. The van der Waals surface area contributed by atoms with Crippen LogP contribution in [0, 0.1) is 11.8 Å². The lowest BCUT2D eigenvalue weighted by Gasteiger charge is -2.41. The smallest absolute Gasteiger partial charge is 0.0487 e. The van der Waals surface area contributed by atoms with Crippen molar-refractivity contribution < 1.29 is 0 Å². The second-order valence-corrected chi connectivity index (χ2v) is 9.62. The molecular weight excluding hydrogens is 351 g/mol. The van der Waals surface area contributed by atoms with Crippen molar-refractivity contribution in [1.29, 1.82) is 0 Å². The predicted molar refractivity (Wildman–Crippen MR) is 110 cm³/mol. The summed E-state index contributed by atoms with van der Waals surface area (Å²) in [4.78, 5) is 0. The Hall–Kier alpha value is -0.210. The maximum atomic E-state index is 6.49. The predicted octanol–water partition coefficient (Wildman–Crippen LogP) is 6.37. The van der Waals surface area contributed by atoms with Crippen molar-refractivity contribution in [3.63, 3.8) is 0 Å². The van der Waals surface area contributed by atoms with Gasteiger partial charge in [0.2, 0.25) is 0 Å². The minimum atomic E-state index is 0.315. The third-order valence-electron chi connectivity index (χ3n) is 6.47. The van der Waals surface area contributed by atoms with Gasteiger partial charge >= 0.3 is 0 Å². The van der Waals surface area contributed by atoms with Crippen LogP contribution >= 0.6 is 23.2 Å². The normalized spacial score (nSPS) is 40.1. The number of hydrogen-bond acceptors (Lipinski definition) is 2. The molecule has 4 unspecified atom stereocenters. The third kappa shape index (κ3) is 5.63. The van der Waals surface area contributed by atoms with Crippen molar-refractivity contribution in [1.82, 2.24) is 5.01 Å². The van der Waals surface area contributed by atoms with Crippen LogP contribution in [0.1, 0.15) is 77.0 Å². The van der Waals surface area contributed by atoms with Crippen molar-refractivity contribution in [2.45, 2.75) is 99.9 Å². The Morgan fingerprint density at radius 2 is 1.28 bits per heavy atom. The first-order valence-corrected chi connectivity index (χ1v) is 11.3. The molecule has 0 aromatic heterocycles. The van der Waals surface area contributed by atoms with E-state index in [0.717, 1.165) is 25.7 Å². The molecule has 3 rings (SSSR count). The Bertz CT molecular complexity index is 423. The summed E-state index contributed by atoms with van der Waals surface area (Å²) in [7, 11) is 0. The van der Waals surface area contributed by atoms with Gasteiger partial charge in [-0.2, -0.15) is 5.10 Å². The fourth-order valence-corrected chi connectivity index (χ4v) is 5.60. The van der Waals surface area contributed by atoms with Gasteiger partial charge in [0, 0.05) is 29.1 Å². The highest BCUT2D eigenvalue weighted by atomic mass is 35.5. The average Bonchev–Trinajstić information content (AvgIpc) is 2.63. The lowest BCUT2D eigenvalue weighted by molar-refractivity contribution is 0.0865. The molecule has 4 atom stereocenters. The highest BCUT2D eigenvalue weighted by Gasteiger charge is 2.32. The van der Waals surface area contributed by atoms with Crippen LogP contribution in [0.5, 0.6) is 0 Å². The van der Waals surface area contributed by atoms with Gasteiger partial charge in [0.1, 0.15) is 0 Å². The van der Waals surface area contributed by atoms with Crippen molar-refractivity contribution in [3.05, 3.63) is 12.7 Å². The highest BCUT2D eigenvalue weighted by Crippen LogP contribution is 2.34. The topological polar surface area (TPSA) is 15.6 Å². The molecular formula is C21H34Cl2N2. The van der Waals surface area contributed by atoms with Gasteiger partial charge in [-0.25, -0.2) is 0 Å². The van der Waals surface area contributed by atoms with Gasteiger partial charge in [0.25, 0.3) is 0 Å². The van der Waals surface area contributed by atoms with Gasteiger partial charge in [0.05, 0.1) is 0 Å². The fourth-order valence-electron chi connectivity index (χ4n) is 4.88. The quantitative estimate of drug-likeness (QED) is 0.232. The molecule has 0 N–H and O–H groups in total. The summed E-state index contributed by atoms with van der Waals surface area (Å²) in [6.07, 6.45) is 18.8. The molecule has 0 bridgehead atoms. The van der Waals surface area contributed by atoms with Crippen LogP contribution in [0.4, 0.5) is 0 Å². The van der Waals surface area contributed by atoms with Crippen LogP contribution < -0.4 is 0 Å². The molecule has 2 nitrogen and oxygen atoms in total. The lowest BCUT2D eigenvalue weighted by Crippen LogP contribution is -2.45. The van der Waals surface area contributed by atoms with Crippen LogP contribution in [0.2, 0.25) is 0 Å². The molecule has 25 heavy (non-hydrogen) atoms. The Balaban J connectivity index is 1.65. The molecule has 0 saturated heterocycles. The van der Waals surface area contributed by atoms with E-state index in [-0.39, 0.29) is 0 Å². The van der Waals surface area contributed by atoms with Gasteiger partial charge in [-0.05, 0) is 88.9 Å². The molecule has 0 aromatic carbocycles. The third-order valence-corrected chi connectivity index (χ3v) is 7.27. The summed E-state index contributed by atoms with van der Waals surface area (Å²) in [6.45, 7) is 3.95. The zero-order valence-corrected chi connectivity index (χ0v) is 17.0. The summed E-state index contributed by atoms with van der Waals surface area (Å²) in [5.41, 5.74) is 0. The number of hydrazone groups is 1. The summed E-state index contributed by atoms with van der Waals surface area (Å²) >= 11 is 13.0. The zero-order valence-electron chi connectivity index (χ0n) is 15.5. The van der Waals surface area contributed by atoms with E-state index < -0.39 is 0 Å². The molecule has 0 heterocycles. The first-order valence-electron chi connectivity index (χ1n) is 10.4. The minimum Gasteiger partial charge on any atom is -0.291 e. The number of hydrogen-bond donors (Lipinski definition) is 0. The number of allylic oxidation sites excluding steroid dienone is 1. The molecule has 142 valence electrons. The van der Waals surface area contributed by atoms with E-state index in [1.54, 1.807) is 0 Å². The van der Waals surface area contributed by atoms with Crippen molar-refractivity contribution in [2.24, 2.45) is 16.9 Å². The molecule has 0 aliphatic heterocycles. The zero-order chi connectivity index (χ0) is 17.6. The first kappa shape index (κ1) is 19.5. The summed E-state index contributed by atoms with van der Waals surface area (Å²) < 4.78 is 0. The van der Waals surface area contributed by atoms with E-state index in [0.29, 0.717) is 34.7 Å². The van der Waals surface area contributed by atoms with Crippen LogP contribution in [0.25, 0.3) is 0 Å². The number of rotatable bonds is 5. The SMILES string of the molecule is C=CC1CCC(C=NN(C2CCCC(Cl)C2)C2CCCC(Cl)C2)CC1. The van der Waals surface area contributed by atoms with Crippen molar-refractivity contribution in [2.75, 3.05) is 0 Å².